The van der Waals surface area contributed by atoms with Crippen LogP contribution in [-0.4, -0.2) is 39.6 Å². The van der Waals surface area contributed by atoms with Crippen molar-refractivity contribution in [1.29, 1.82) is 0 Å². The third-order valence-electron chi connectivity index (χ3n) is 2.97. The number of amides is 1. The van der Waals surface area contributed by atoms with Crippen molar-refractivity contribution in [3.8, 4) is 0 Å². The Bertz CT molecular complexity index is 650. The maximum Gasteiger partial charge on any atom is 0.272 e. The predicted octanol–water partition coefficient (Wildman–Crippen LogP) is 0.104. The number of nitrogens with one attached hydrogen (secondary N) is 2. The molecule has 2 N–H and O–H groups in total. The molecule has 0 aliphatic carbocycles. The van der Waals surface area contributed by atoms with Crippen LogP contribution in [0.1, 0.15) is 29.0 Å². The van der Waals surface area contributed by atoms with Crippen LogP contribution in [-0.2, 0) is 11.3 Å². The molecular weight excluding hydrogens is 274 g/mol. The molecule has 0 aliphatic heterocycles. The lowest BCUT2D eigenvalue weighted by molar-refractivity contribution is 0.0931. The second-order valence-electron chi connectivity index (χ2n) is 4.50. The minimum Gasteiger partial charge on any atom is -0.383 e. The molecule has 2 rings (SSSR count). The van der Waals surface area contributed by atoms with Gasteiger partial charge in [-0.2, -0.15) is 10.2 Å². The van der Waals surface area contributed by atoms with Crippen molar-refractivity contribution in [1.82, 2.24) is 25.3 Å². The zero-order valence-electron chi connectivity index (χ0n) is 11.9. The summed E-state index contributed by atoms with van der Waals surface area (Å²) in [5, 5.41) is 13.3. The number of nitrogens with zero attached hydrogens (tertiary/aromatic N) is 3. The Labute approximate surface area is 121 Å². The van der Waals surface area contributed by atoms with Gasteiger partial charge in [-0.15, -0.1) is 0 Å². The number of carbonyl (C=O) groups is 1. The summed E-state index contributed by atoms with van der Waals surface area (Å²) in [5.74, 6) is -0.352. The maximum atomic E-state index is 12.1. The van der Waals surface area contributed by atoms with Gasteiger partial charge in [-0.1, -0.05) is 0 Å². The van der Waals surface area contributed by atoms with E-state index in [2.05, 4.69) is 20.6 Å². The van der Waals surface area contributed by atoms with E-state index >= 15 is 0 Å². The van der Waals surface area contributed by atoms with Crippen LogP contribution in [0.2, 0.25) is 0 Å². The molecule has 8 heteroatoms. The first-order valence-electron chi connectivity index (χ1n) is 6.48. The van der Waals surface area contributed by atoms with Crippen molar-refractivity contribution >= 4 is 5.91 Å². The molecule has 2 aromatic heterocycles. The lowest BCUT2D eigenvalue weighted by atomic mass is 10.2. The third-order valence-corrected chi connectivity index (χ3v) is 2.97. The van der Waals surface area contributed by atoms with Crippen molar-refractivity contribution in [2.75, 3.05) is 13.7 Å². The summed E-state index contributed by atoms with van der Waals surface area (Å²) < 4.78 is 6.11. The summed E-state index contributed by atoms with van der Waals surface area (Å²) in [6, 6.07) is 2.51. The fourth-order valence-corrected chi connectivity index (χ4v) is 1.76. The second-order valence-corrected chi connectivity index (χ2v) is 4.50. The molecule has 1 atom stereocenters. The number of hydrogen-bond donors (Lipinski definition) is 2. The number of aromatic nitrogens is 4. The first-order chi connectivity index (χ1) is 10.1. The lowest BCUT2D eigenvalue weighted by Gasteiger charge is -2.12. The van der Waals surface area contributed by atoms with E-state index in [1.807, 2.05) is 6.92 Å². The minimum absolute atomic E-state index is 0.182. The van der Waals surface area contributed by atoms with Crippen molar-refractivity contribution in [2.24, 2.45) is 0 Å². The molecule has 1 amide bonds. The van der Waals surface area contributed by atoms with E-state index in [9.17, 15) is 9.59 Å². The van der Waals surface area contributed by atoms with E-state index < -0.39 is 0 Å². The second kappa shape index (κ2) is 6.80. The van der Waals surface area contributed by atoms with E-state index in [0.29, 0.717) is 13.2 Å². The summed E-state index contributed by atoms with van der Waals surface area (Å²) in [5.41, 5.74) is 0.767. The van der Waals surface area contributed by atoms with Gasteiger partial charge >= 0.3 is 0 Å². The molecule has 0 aromatic carbocycles. The summed E-state index contributed by atoms with van der Waals surface area (Å²) in [7, 11) is 1.54. The molecule has 0 bridgehead atoms. The Morgan fingerprint density at radius 3 is 3.00 bits per heavy atom. The standard InChI is InChI=1S/C13H17N5O3/c1-9(10-7-14-15-8-10)16-13(20)11-3-4-12(19)18(17-11)5-6-21-2/h3-4,7-9H,5-6H2,1-2H3,(H,14,15)(H,16,20). The van der Waals surface area contributed by atoms with E-state index in [1.165, 1.54) is 23.9 Å². The van der Waals surface area contributed by atoms with Gasteiger partial charge in [0.1, 0.15) is 5.69 Å². The number of carbonyl (C=O) groups excluding carboxylic acids is 1. The molecule has 0 saturated carbocycles. The molecule has 2 heterocycles. The zero-order valence-corrected chi connectivity index (χ0v) is 11.9. The molecule has 21 heavy (non-hydrogen) atoms. The monoisotopic (exact) mass is 291 g/mol. The summed E-state index contributed by atoms with van der Waals surface area (Å²) in [6.07, 6.45) is 3.34. The Hall–Kier alpha value is -2.48. The highest BCUT2D eigenvalue weighted by Crippen LogP contribution is 2.09. The van der Waals surface area contributed by atoms with E-state index in [-0.39, 0.29) is 23.2 Å². The van der Waals surface area contributed by atoms with Crippen LogP contribution < -0.4 is 10.9 Å². The van der Waals surface area contributed by atoms with Gasteiger partial charge in [-0.25, -0.2) is 4.68 Å². The SMILES string of the molecule is COCCn1nc(C(=O)NC(C)c2cn[nH]c2)ccc1=O. The van der Waals surface area contributed by atoms with Crippen LogP contribution in [0, 0.1) is 0 Å². The molecular formula is C13H17N5O3. The Kier molecular flexibility index (Phi) is 4.83. The highest BCUT2D eigenvalue weighted by Gasteiger charge is 2.14. The van der Waals surface area contributed by atoms with Gasteiger partial charge in [0.15, 0.2) is 0 Å². The zero-order chi connectivity index (χ0) is 15.2. The van der Waals surface area contributed by atoms with E-state index in [1.54, 1.807) is 12.4 Å². The van der Waals surface area contributed by atoms with Gasteiger partial charge in [0.25, 0.3) is 11.5 Å². The van der Waals surface area contributed by atoms with Gasteiger partial charge in [0, 0.05) is 24.9 Å². The van der Waals surface area contributed by atoms with Crippen molar-refractivity contribution in [3.05, 3.63) is 46.1 Å². The molecule has 0 saturated heterocycles. The number of aromatic amines is 1. The fraction of sp³-hybridized carbons (Fsp3) is 0.385. The van der Waals surface area contributed by atoms with Gasteiger partial charge in [0.05, 0.1) is 25.4 Å². The Morgan fingerprint density at radius 1 is 1.52 bits per heavy atom. The number of ether oxygens (including phenoxy) is 1. The van der Waals surface area contributed by atoms with Crippen molar-refractivity contribution in [2.45, 2.75) is 19.5 Å². The van der Waals surface area contributed by atoms with Crippen LogP contribution in [0.15, 0.2) is 29.3 Å². The summed E-state index contributed by atoms with van der Waals surface area (Å²) >= 11 is 0. The average Bonchev–Trinajstić information content (AvgIpc) is 3.00. The highest BCUT2D eigenvalue weighted by atomic mass is 16.5. The first kappa shape index (κ1) is 14.9. The van der Waals surface area contributed by atoms with Crippen LogP contribution in [0.5, 0.6) is 0 Å². The van der Waals surface area contributed by atoms with Gasteiger partial charge < -0.3 is 10.1 Å². The quantitative estimate of drug-likeness (QED) is 0.786. The van der Waals surface area contributed by atoms with Gasteiger partial charge in [0.2, 0.25) is 0 Å². The number of methoxy groups -OCH3 is 1. The van der Waals surface area contributed by atoms with Crippen molar-refractivity contribution in [3.63, 3.8) is 0 Å². The first-order valence-corrected chi connectivity index (χ1v) is 6.48. The molecule has 0 aliphatic rings. The molecule has 8 nitrogen and oxygen atoms in total. The van der Waals surface area contributed by atoms with Crippen LogP contribution >= 0.6 is 0 Å². The average molecular weight is 291 g/mol. The van der Waals surface area contributed by atoms with Crippen LogP contribution in [0.4, 0.5) is 0 Å². The number of H-pyrrole nitrogens is 1. The molecule has 0 spiro atoms. The minimum atomic E-state index is -0.352. The molecule has 1 unspecified atom stereocenters. The predicted molar refractivity (Wildman–Crippen MR) is 74.8 cm³/mol. The van der Waals surface area contributed by atoms with Gasteiger partial charge in [-0.05, 0) is 13.0 Å². The molecule has 112 valence electrons. The third kappa shape index (κ3) is 3.76. The van der Waals surface area contributed by atoms with Crippen molar-refractivity contribution < 1.29 is 9.53 Å². The lowest BCUT2D eigenvalue weighted by Crippen LogP contribution is -2.31. The fourth-order valence-electron chi connectivity index (χ4n) is 1.76. The largest absolute Gasteiger partial charge is 0.383 e. The van der Waals surface area contributed by atoms with Gasteiger partial charge in [-0.3, -0.25) is 14.7 Å². The Morgan fingerprint density at radius 2 is 2.33 bits per heavy atom. The molecule has 0 radical (unpaired) electrons. The maximum absolute atomic E-state index is 12.1. The number of rotatable bonds is 6. The van der Waals surface area contributed by atoms with E-state index in [0.717, 1.165) is 5.56 Å². The molecule has 0 fully saturated rings. The number of hydrogen-bond acceptors (Lipinski definition) is 5. The summed E-state index contributed by atoms with van der Waals surface area (Å²) in [4.78, 5) is 23.7. The Balaban J connectivity index is 2.10. The van der Waals surface area contributed by atoms with Crippen LogP contribution in [0.25, 0.3) is 0 Å². The highest BCUT2D eigenvalue weighted by molar-refractivity contribution is 5.92. The normalized spacial score (nSPS) is 12.1. The topological polar surface area (TPSA) is 102 Å². The smallest absolute Gasteiger partial charge is 0.272 e. The summed E-state index contributed by atoms with van der Waals surface area (Å²) in [6.45, 7) is 2.49. The van der Waals surface area contributed by atoms with E-state index in [4.69, 9.17) is 4.74 Å². The van der Waals surface area contributed by atoms with Crippen LogP contribution in [0.3, 0.4) is 0 Å². The molecule has 2 aromatic rings.